The summed E-state index contributed by atoms with van der Waals surface area (Å²) in [4.78, 5) is 11.4. The molecule has 0 heterocycles. The van der Waals surface area contributed by atoms with Gasteiger partial charge in [0, 0.05) is 0 Å². The van der Waals surface area contributed by atoms with Gasteiger partial charge < -0.3 is 4.74 Å². The van der Waals surface area contributed by atoms with Crippen LogP contribution in [0.5, 0.6) is 0 Å². The molecule has 0 spiro atoms. The minimum atomic E-state index is -0.0845. The maximum Gasteiger partial charge on any atom is 0.309 e. The number of esters is 1. The molecule has 0 aliphatic rings. The van der Waals surface area contributed by atoms with Crippen molar-refractivity contribution in [2.45, 2.75) is 84.5 Å². The van der Waals surface area contributed by atoms with Crippen molar-refractivity contribution in [3.8, 4) is 0 Å². The largest absolute Gasteiger partial charge is 0.465 e. The number of rotatable bonds is 13. The van der Waals surface area contributed by atoms with Gasteiger partial charge in [0.2, 0.25) is 0 Å². The molecule has 0 saturated heterocycles. The molecule has 0 rings (SSSR count). The SMILES string of the molecule is CCCC/C=C/CC(=O)OCCCCCCCCC. The molecule has 0 amide bonds. The monoisotopic (exact) mass is 268 g/mol. The van der Waals surface area contributed by atoms with E-state index >= 15 is 0 Å². The molecule has 0 aromatic carbocycles. The maximum absolute atomic E-state index is 11.4. The van der Waals surface area contributed by atoms with Gasteiger partial charge in [-0.15, -0.1) is 0 Å². The van der Waals surface area contributed by atoms with Crippen molar-refractivity contribution in [1.82, 2.24) is 0 Å². The fraction of sp³-hybridized carbons (Fsp3) is 0.824. The molecule has 2 heteroatoms. The third-order valence-electron chi connectivity index (χ3n) is 3.19. The number of ether oxygens (including phenoxy) is 1. The van der Waals surface area contributed by atoms with Crippen LogP contribution >= 0.6 is 0 Å². The number of hydrogen-bond acceptors (Lipinski definition) is 2. The Hall–Kier alpha value is -0.790. The Bertz CT molecular complexity index is 221. The summed E-state index contributed by atoms with van der Waals surface area (Å²) in [6.45, 7) is 5.00. The first kappa shape index (κ1) is 18.2. The van der Waals surface area contributed by atoms with E-state index in [-0.39, 0.29) is 5.97 Å². The van der Waals surface area contributed by atoms with Gasteiger partial charge in [0.25, 0.3) is 0 Å². The second-order valence-electron chi connectivity index (χ2n) is 5.16. The molecule has 19 heavy (non-hydrogen) atoms. The van der Waals surface area contributed by atoms with Crippen molar-refractivity contribution >= 4 is 5.97 Å². The fourth-order valence-electron chi connectivity index (χ4n) is 1.92. The summed E-state index contributed by atoms with van der Waals surface area (Å²) in [6.07, 6.45) is 16.7. The van der Waals surface area contributed by atoms with Gasteiger partial charge in [0.05, 0.1) is 13.0 Å². The summed E-state index contributed by atoms with van der Waals surface area (Å²) >= 11 is 0. The molecule has 0 atom stereocenters. The highest BCUT2D eigenvalue weighted by Crippen LogP contribution is 2.07. The lowest BCUT2D eigenvalue weighted by Gasteiger charge is -2.03. The summed E-state index contributed by atoms with van der Waals surface area (Å²) in [5.41, 5.74) is 0. The molecule has 2 nitrogen and oxygen atoms in total. The van der Waals surface area contributed by atoms with Gasteiger partial charge >= 0.3 is 5.97 Å². The average Bonchev–Trinajstić information content (AvgIpc) is 2.41. The second-order valence-corrected chi connectivity index (χ2v) is 5.16. The molecule has 0 N–H and O–H groups in total. The van der Waals surface area contributed by atoms with Gasteiger partial charge in [0.15, 0.2) is 0 Å². The van der Waals surface area contributed by atoms with Crippen LogP contribution in [0.15, 0.2) is 12.2 Å². The van der Waals surface area contributed by atoms with Gasteiger partial charge in [-0.3, -0.25) is 4.79 Å². The van der Waals surface area contributed by atoms with Crippen molar-refractivity contribution in [2.24, 2.45) is 0 Å². The Labute approximate surface area is 119 Å². The highest BCUT2D eigenvalue weighted by molar-refractivity contribution is 5.71. The van der Waals surface area contributed by atoms with Crippen LogP contribution in [-0.2, 0) is 9.53 Å². The van der Waals surface area contributed by atoms with Crippen LogP contribution in [0.1, 0.15) is 84.5 Å². The summed E-state index contributed by atoms with van der Waals surface area (Å²) in [7, 11) is 0. The van der Waals surface area contributed by atoms with Gasteiger partial charge in [-0.1, -0.05) is 77.4 Å². The summed E-state index contributed by atoms with van der Waals surface area (Å²) in [5.74, 6) is -0.0845. The van der Waals surface area contributed by atoms with Crippen molar-refractivity contribution in [1.29, 1.82) is 0 Å². The van der Waals surface area contributed by atoms with E-state index in [0.717, 1.165) is 12.8 Å². The van der Waals surface area contributed by atoms with E-state index in [1.54, 1.807) is 0 Å². The predicted molar refractivity (Wildman–Crippen MR) is 82.2 cm³/mol. The van der Waals surface area contributed by atoms with Crippen molar-refractivity contribution in [2.75, 3.05) is 6.61 Å². The van der Waals surface area contributed by atoms with Gasteiger partial charge in [-0.25, -0.2) is 0 Å². The highest BCUT2D eigenvalue weighted by Gasteiger charge is 1.99. The topological polar surface area (TPSA) is 26.3 Å². The Morgan fingerprint density at radius 3 is 2.16 bits per heavy atom. The molecule has 0 aliphatic carbocycles. The molecule has 0 aliphatic heterocycles. The number of carbonyl (C=O) groups excluding carboxylic acids is 1. The van der Waals surface area contributed by atoms with Crippen LogP contribution in [0.3, 0.4) is 0 Å². The van der Waals surface area contributed by atoms with E-state index < -0.39 is 0 Å². The van der Waals surface area contributed by atoms with E-state index in [2.05, 4.69) is 19.9 Å². The summed E-state index contributed by atoms with van der Waals surface area (Å²) in [5, 5.41) is 0. The standard InChI is InChI=1S/C17H32O2/c1-3-5-7-9-10-12-14-16-19-17(18)15-13-11-8-6-4-2/h11,13H,3-10,12,14-16H2,1-2H3/b13-11+. The fourth-order valence-corrected chi connectivity index (χ4v) is 1.92. The first-order chi connectivity index (χ1) is 9.31. The van der Waals surface area contributed by atoms with E-state index in [0.29, 0.717) is 13.0 Å². The minimum absolute atomic E-state index is 0.0845. The zero-order valence-corrected chi connectivity index (χ0v) is 13.0. The zero-order chi connectivity index (χ0) is 14.2. The minimum Gasteiger partial charge on any atom is -0.465 e. The van der Waals surface area contributed by atoms with Crippen LogP contribution in [0, 0.1) is 0 Å². The van der Waals surface area contributed by atoms with Crippen LogP contribution < -0.4 is 0 Å². The highest BCUT2D eigenvalue weighted by atomic mass is 16.5. The molecule has 0 aromatic rings. The lowest BCUT2D eigenvalue weighted by Crippen LogP contribution is -2.04. The first-order valence-electron chi connectivity index (χ1n) is 8.11. The van der Waals surface area contributed by atoms with Crippen LogP contribution in [-0.4, -0.2) is 12.6 Å². The molecule has 0 unspecified atom stereocenters. The van der Waals surface area contributed by atoms with E-state index in [1.165, 1.54) is 51.4 Å². The average molecular weight is 268 g/mol. The smallest absolute Gasteiger partial charge is 0.309 e. The predicted octanol–water partition coefficient (Wildman–Crippen LogP) is 5.42. The maximum atomic E-state index is 11.4. The number of hydrogen-bond donors (Lipinski definition) is 0. The Morgan fingerprint density at radius 2 is 1.47 bits per heavy atom. The Balaban J connectivity index is 3.22. The summed E-state index contributed by atoms with van der Waals surface area (Å²) in [6, 6.07) is 0. The zero-order valence-electron chi connectivity index (χ0n) is 13.0. The molecule has 0 bridgehead atoms. The molecule has 0 aromatic heterocycles. The molecule has 0 saturated carbocycles. The van der Waals surface area contributed by atoms with Gasteiger partial charge in [-0.05, 0) is 12.8 Å². The molecule has 112 valence electrons. The van der Waals surface area contributed by atoms with Crippen LogP contribution in [0.4, 0.5) is 0 Å². The normalized spacial score (nSPS) is 11.1. The molecular formula is C17H32O2. The van der Waals surface area contributed by atoms with Gasteiger partial charge in [0.1, 0.15) is 0 Å². The molecule has 0 fully saturated rings. The van der Waals surface area contributed by atoms with Crippen LogP contribution in [0.2, 0.25) is 0 Å². The Kier molecular flexibility index (Phi) is 14.6. The lowest BCUT2D eigenvalue weighted by molar-refractivity contribution is -0.142. The number of unbranched alkanes of at least 4 members (excludes halogenated alkanes) is 8. The van der Waals surface area contributed by atoms with Crippen molar-refractivity contribution in [3.05, 3.63) is 12.2 Å². The van der Waals surface area contributed by atoms with Crippen molar-refractivity contribution in [3.63, 3.8) is 0 Å². The van der Waals surface area contributed by atoms with E-state index in [1.807, 2.05) is 6.08 Å². The van der Waals surface area contributed by atoms with Crippen molar-refractivity contribution < 1.29 is 9.53 Å². The number of carbonyl (C=O) groups is 1. The van der Waals surface area contributed by atoms with E-state index in [4.69, 9.17) is 4.74 Å². The quantitative estimate of drug-likeness (QED) is 0.253. The van der Waals surface area contributed by atoms with Crippen LogP contribution in [0.25, 0.3) is 0 Å². The van der Waals surface area contributed by atoms with E-state index in [9.17, 15) is 4.79 Å². The summed E-state index contributed by atoms with van der Waals surface area (Å²) < 4.78 is 5.19. The Morgan fingerprint density at radius 1 is 0.842 bits per heavy atom. The second kappa shape index (κ2) is 15.3. The third-order valence-corrected chi connectivity index (χ3v) is 3.19. The van der Waals surface area contributed by atoms with Gasteiger partial charge in [-0.2, -0.15) is 0 Å². The molecular weight excluding hydrogens is 236 g/mol. The molecule has 0 radical (unpaired) electrons. The lowest BCUT2D eigenvalue weighted by atomic mass is 10.1. The first-order valence-corrected chi connectivity index (χ1v) is 8.11. The number of allylic oxidation sites excluding steroid dienone is 1. The third kappa shape index (κ3) is 15.2.